The number of carbonyl (C=O) groups is 2. The minimum atomic E-state index is -0.763. The molecule has 0 heterocycles. The van der Waals surface area contributed by atoms with Gasteiger partial charge in [0, 0.05) is 12.6 Å². The van der Waals surface area contributed by atoms with Gasteiger partial charge < -0.3 is 20.5 Å². The van der Waals surface area contributed by atoms with Gasteiger partial charge in [0.1, 0.15) is 0 Å². The SMILES string of the molecule is O=C(NCCOC1CCCCC1)NC1CCC(C(=O)O)C1. The maximum Gasteiger partial charge on any atom is 0.315 e. The molecule has 2 amide bonds. The molecule has 2 aliphatic rings. The molecular formula is C15H26N2O4. The number of hydrogen-bond donors (Lipinski definition) is 3. The van der Waals surface area contributed by atoms with E-state index in [9.17, 15) is 9.59 Å². The van der Waals surface area contributed by atoms with Crippen molar-refractivity contribution in [2.45, 2.75) is 63.5 Å². The number of carboxylic acid groups (broad SMARTS) is 1. The highest BCUT2D eigenvalue weighted by Gasteiger charge is 2.30. The van der Waals surface area contributed by atoms with E-state index in [1.165, 1.54) is 19.3 Å². The first-order chi connectivity index (χ1) is 10.1. The van der Waals surface area contributed by atoms with Gasteiger partial charge in [0.2, 0.25) is 0 Å². The van der Waals surface area contributed by atoms with Crippen LogP contribution in [0.4, 0.5) is 4.79 Å². The van der Waals surface area contributed by atoms with E-state index in [-0.39, 0.29) is 18.0 Å². The van der Waals surface area contributed by atoms with Crippen LogP contribution in [0.1, 0.15) is 51.4 Å². The van der Waals surface area contributed by atoms with Crippen LogP contribution in [0.25, 0.3) is 0 Å². The lowest BCUT2D eigenvalue weighted by Gasteiger charge is -2.22. The Labute approximate surface area is 125 Å². The van der Waals surface area contributed by atoms with Crippen molar-refractivity contribution in [2.75, 3.05) is 13.2 Å². The Kier molecular flexibility index (Phi) is 6.29. The molecule has 0 radical (unpaired) electrons. The van der Waals surface area contributed by atoms with E-state index in [1.54, 1.807) is 0 Å². The molecule has 6 heteroatoms. The molecule has 21 heavy (non-hydrogen) atoms. The summed E-state index contributed by atoms with van der Waals surface area (Å²) in [5, 5.41) is 14.5. The summed E-state index contributed by atoms with van der Waals surface area (Å²) in [7, 11) is 0. The molecule has 0 spiro atoms. The standard InChI is InChI=1S/C15H26N2O4/c18-14(19)11-6-7-12(10-11)17-15(20)16-8-9-21-13-4-2-1-3-5-13/h11-13H,1-10H2,(H,18,19)(H2,16,17,20). The van der Waals surface area contributed by atoms with Gasteiger partial charge in [0.25, 0.3) is 0 Å². The van der Waals surface area contributed by atoms with Gasteiger partial charge >= 0.3 is 12.0 Å². The second kappa shape index (κ2) is 8.22. The Hall–Kier alpha value is -1.30. The summed E-state index contributed by atoms with van der Waals surface area (Å²) < 4.78 is 5.73. The smallest absolute Gasteiger partial charge is 0.315 e. The third-order valence-corrected chi connectivity index (χ3v) is 4.41. The zero-order chi connectivity index (χ0) is 15.1. The van der Waals surface area contributed by atoms with Crippen molar-refractivity contribution < 1.29 is 19.4 Å². The van der Waals surface area contributed by atoms with E-state index in [4.69, 9.17) is 9.84 Å². The molecule has 2 saturated carbocycles. The van der Waals surface area contributed by atoms with Crippen LogP contribution >= 0.6 is 0 Å². The Balaban J connectivity index is 1.52. The lowest BCUT2D eigenvalue weighted by Crippen LogP contribution is -2.42. The Morgan fingerprint density at radius 3 is 2.52 bits per heavy atom. The van der Waals surface area contributed by atoms with Gasteiger partial charge in [-0.1, -0.05) is 19.3 Å². The molecule has 120 valence electrons. The molecule has 0 saturated heterocycles. The van der Waals surface area contributed by atoms with Crippen molar-refractivity contribution in [3.63, 3.8) is 0 Å². The number of ether oxygens (including phenoxy) is 1. The number of urea groups is 1. The van der Waals surface area contributed by atoms with E-state index < -0.39 is 5.97 Å². The predicted molar refractivity (Wildman–Crippen MR) is 78.1 cm³/mol. The van der Waals surface area contributed by atoms with Crippen molar-refractivity contribution in [2.24, 2.45) is 5.92 Å². The van der Waals surface area contributed by atoms with Gasteiger partial charge in [-0.05, 0) is 32.1 Å². The summed E-state index contributed by atoms with van der Waals surface area (Å²) in [4.78, 5) is 22.6. The zero-order valence-electron chi connectivity index (χ0n) is 12.5. The van der Waals surface area contributed by atoms with E-state index in [0.29, 0.717) is 32.1 Å². The highest BCUT2D eigenvalue weighted by atomic mass is 16.5. The van der Waals surface area contributed by atoms with Gasteiger partial charge in [-0.2, -0.15) is 0 Å². The molecule has 6 nitrogen and oxygen atoms in total. The molecule has 2 rings (SSSR count). The zero-order valence-corrected chi connectivity index (χ0v) is 12.5. The van der Waals surface area contributed by atoms with E-state index in [2.05, 4.69) is 10.6 Å². The second-order valence-electron chi connectivity index (χ2n) is 6.08. The average molecular weight is 298 g/mol. The van der Waals surface area contributed by atoms with Crippen LogP contribution in [-0.4, -0.2) is 42.4 Å². The summed E-state index contributed by atoms with van der Waals surface area (Å²) in [6, 6.07) is -0.247. The molecule has 0 aliphatic heterocycles. The fraction of sp³-hybridized carbons (Fsp3) is 0.867. The molecule has 2 fully saturated rings. The number of hydrogen-bond acceptors (Lipinski definition) is 3. The fourth-order valence-corrected chi connectivity index (χ4v) is 3.20. The van der Waals surface area contributed by atoms with Gasteiger partial charge in [-0.15, -0.1) is 0 Å². The maximum atomic E-state index is 11.7. The van der Waals surface area contributed by atoms with E-state index in [0.717, 1.165) is 19.3 Å². The van der Waals surface area contributed by atoms with Crippen LogP contribution in [0.5, 0.6) is 0 Å². The normalized spacial score (nSPS) is 26.5. The number of carbonyl (C=O) groups excluding carboxylic acids is 1. The number of amides is 2. The van der Waals surface area contributed by atoms with Crippen molar-refractivity contribution in [3.05, 3.63) is 0 Å². The van der Waals surface area contributed by atoms with Crippen molar-refractivity contribution in [1.82, 2.24) is 10.6 Å². The topological polar surface area (TPSA) is 87.7 Å². The number of aliphatic carboxylic acids is 1. The van der Waals surface area contributed by atoms with Crippen LogP contribution in [-0.2, 0) is 9.53 Å². The van der Waals surface area contributed by atoms with Gasteiger partial charge in [-0.3, -0.25) is 4.79 Å². The number of nitrogens with one attached hydrogen (secondary N) is 2. The van der Waals surface area contributed by atoms with Crippen LogP contribution in [0.3, 0.4) is 0 Å². The largest absolute Gasteiger partial charge is 0.481 e. The van der Waals surface area contributed by atoms with Crippen LogP contribution in [0, 0.1) is 5.92 Å². The molecule has 2 unspecified atom stereocenters. The highest BCUT2D eigenvalue weighted by molar-refractivity contribution is 5.75. The first kappa shape index (κ1) is 16.1. The first-order valence-electron chi connectivity index (χ1n) is 8.04. The summed E-state index contributed by atoms with van der Waals surface area (Å²) >= 11 is 0. The van der Waals surface area contributed by atoms with Gasteiger partial charge in [-0.25, -0.2) is 4.79 Å². The molecule has 2 aliphatic carbocycles. The molecule has 0 aromatic heterocycles. The number of carboxylic acids is 1. The summed E-state index contributed by atoms with van der Waals surface area (Å²) in [5.41, 5.74) is 0. The predicted octanol–water partition coefficient (Wildman–Crippen LogP) is 1.89. The highest BCUT2D eigenvalue weighted by Crippen LogP contribution is 2.25. The van der Waals surface area contributed by atoms with E-state index >= 15 is 0 Å². The minimum Gasteiger partial charge on any atom is -0.481 e. The molecule has 2 atom stereocenters. The van der Waals surface area contributed by atoms with Crippen LogP contribution in [0.2, 0.25) is 0 Å². The van der Waals surface area contributed by atoms with Crippen LogP contribution in [0.15, 0.2) is 0 Å². The quantitative estimate of drug-likeness (QED) is 0.653. The molecule has 3 N–H and O–H groups in total. The Morgan fingerprint density at radius 2 is 1.86 bits per heavy atom. The maximum absolute atomic E-state index is 11.7. The minimum absolute atomic E-state index is 0.0228. The summed E-state index contributed by atoms with van der Waals surface area (Å²) in [6.45, 7) is 1.04. The van der Waals surface area contributed by atoms with Gasteiger partial charge in [0.15, 0.2) is 0 Å². The lowest BCUT2D eigenvalue weighted by molar-refractivity contribution is -0.141. The van der Waals surface area contributed by atoms with Crippen molar-refractivity contribution in [1.29, 1.82) is 0 Å². The van der Waals surface area contributed by atoms with Crippen molar-refractivity contribution in [3.8, 4) is 0 Å². The van der Waals surface area contributed by atoms with Crippen molar-refractivity contribution >= 4 is 12.0 Å². The van der Waals surface area contributed by atoms with Gasteiger partial charge in [0.05, 0.1) is 18.6 Å². The molecule has 0 bridgehead atoms. The molecular weight excluding hydrogens is 272 g/mol. The molecule has 0 aromatic carbocycles. The van der Waals surface area contributed by atoms with Crippen LogP contribution < -0.4 is 10.6 Å². The lowest BCUT2D eigenvalue weighted by atomic mass is 9.98. The monoisotopic (exact) mass is 298 g/mol. The average Bonchev–Trinajstić information content (AvgIpc) is 2.93. The first-order valence-corrected chi connectivity index (χ1v) is 8.04. The van der Waals surface area contributed by atoms with E-state index in [1.807, 2.05) is 0 Å². The molecule has 0 aromatic rings. The second-order valence-corrected chi connectivity index (χ2v) is 6.08. The Morgan fingerprint density at radius 1 is 1.10 bits per heavy atom. The number of rotatable bonds is 6. The Bertz CT molecular complexity index is 356. The third-order valence-electron chi connectivity index (χ3n) is 4.41. The summed E-state index contributed by atoms with van der Waals surface area (Å²) in [5.74, 6) is -1.08. The fourth-order valence-electron chi connectivity index (χ4n) is 3.20. The third kappa shape index (κ3) is 5.53. The summed E-state index contributed by atoms with van der Waals surface area (Å²) in [6.07, 6.45) is 8.31.